The van der Waals surface area contributed by atoms with E-state index in [2.05, 4.69) is 21.5 Å². The number of rotatable bonds is 3. The van der Waals surface area contributed by atoms with Crippen molar-refractivity contribution in [2.75, 3.05) is 33.4 Å². The molecule has 0 amide bonds. The summed E-state index contributed by atoms with van der Waals surface area (Å²) in [6.45, 7) is 3.95. The number of likely N-dealkylation sites (tertiary alicyclic amines) is 1. The summed E-state index contributed by atoms with van der Waals surface area (Å²) < 4.78 is 7.77. The highest BCUT2D eigenvalue weighted by molar-refractivity contribution is 5.09. The maximum Gasteiger partial charge on any atom is 0.0951 e. The summed E-state index contributed by atoms with van der Waals surface area (Å²) in [7, 11) is 2.19. The van der Waals surface area contributed by atoms with Gasteiger partial charge in [0.2, 0.25) is 0 Å². The zero-order valence-electron chi connectivity index (χ0n) is 11.7. The first-order valence-corrected chi connectivity index (χ1v) is 7.29. The van der Waals surface area contributed by atoms with Crippen molar-refractivity contribution < 1.29 is 4.74 Å². The SMILES string of the molecule is CN1CCC(n2cncc2C(N)C2CCOC2)CC1. The fourth-order valence-electron chi connectivity index (χ4n) is 3.23. The van der Waals surface area contributed by atoms with Gasteiger partial charge in [-0.25, -0.2) is 4.98 Å². The molecule has 0 aliphatic carbocycles. The number of hydrogen-bond acceptors (Lipinski definition) is 4. The third-order valence-corrected chi connectivity index (χ3v) is 4.59. The van der Waals surface area contributed by atoms with Gasteiger partial charge >= 0.3 is 0 Å². The van der Waals surface area contributed by atoms with Crippen LogP contribution in [0, 0.1) is 5.92 Å². The Morgan fingerprint density at radius 3 is 2.84 bits per heavy atom. The Bertz CT molecular complexity index is 405. The molecule has 3 rings (SSSR count). The van der Waals surface area contributed by atoms with Crippen molar-refractivity contribution in [3.05, 3.63) is 18.2 Å². The molecule has 2 aliphatic rings. The van der Waals surface area contributed by atoms with Gasteiger partial charge in [-0.05, 0) is 39.4 Å². The minimum atomic E-state index is 0.0599. The Labute approximate surface area is 114 Å². The molecule has 0 saturated carbocycles. The van der Waals surface area contributed by atoms with E-state index in [1.165, 1.54) is 18.5 Å². The van der Waals surface area contributed by atoms with E-state index < -0.39 is 0 Å². The second kappa shape index (κ2) is 5.61. The smallest absolute Gasteiger partial charge is 0.0951 e. The number of piperidine rings is 1. The Hall–Kier alpha value is -0.910. The zero-order valence-corrected chi connectivity index (χ0v) is 11.7. The van der Waals surface area contributed by atoms with Crippen molar-refractivity contribution in [3.63, 3.8) is 0 Å². The van der Waals surface area contributed by atoms with E-state index >= 15 is 0 Å². The molecule has 0 spiro atoms. The van der Waals surface area contributed by atoms with Crippen LogP contribution >= 0.6 is 0 Å². The van der Waals surface area contributed by atoms with Crippen LogP contribution in [0.25, 0.3) is 0 Å². The molecule has 0 radical (unpaired) electrons. The molecule has 5 nitrogen and oxygen atoms in total. The van der Waals surface area contributed by atoms with E-state index in [1.54, 1.807) is 0 Å². The predicted octanol–water partition coefficient (Wildman–Crippen LogP) is 1.19. The van der Waals surface area contributed by atoms with Crippen molar-refractivity contribution in [1.29, 1.82) is 0 Å². The first kappa shape index (κ1) is 13.1. The highest BCUT2D eigenvalue weighted by atomic mass is 16.5. The van der Waals surface area contributed by atoms with E-state index in [0.717, 1.165) is 32.7 Å². The zero-order chi connectivity index (χ0) is 13.2. The molecule has 1 aromatic rings. The average Bonchev–Trinajstić information content (AvgIpc) is 3.10. The van der Waals surface area contributed by atoms with Gasteiger partial charge in [-0.1, -0.05) is 0 Å². The summed E-state index contributed by atoms with van der Waals surface area (Å²) in [5.74, 6) is 0.446. The van der Waals surface area contributed by atoms with Crippen LogP contribution in [0.1, 0.15) is 37.0 Å². The minimum Gasteiger partial charge on any atom is -0.381 e. The van der Waals surface area contributed by atoms with E-state index in [4.69, 9.17) is 10.5 Å². The molecule has 2 aliphatic heterocycles. The molecule has 2 unspecified atom stereocenters. The minimum absolute atomic E-state index is 0.0599. The number of ether oxygens (including phenoxy) is 1. The summed E-state index contributed by atoms with van der Waals surface area (Å²) >= 11 is 0. The van der Waals surface area contributed by atoms with Gasteiger partial charge in [0, 0.05) is 24.8 Å². The number of nitrogens with two attached hydrogens (primary N) is 1. The summed E-state index contributed by atoms with van der Waals surface area (Å²) in [6, 6.07) is 0.617. The monoisotopic (exact) mass is 264 g/mol. The fourth-order valence-corrected chi connectivity index (χ4v) is 3.23. The van der Waals surface area contributed by atoms with Gasteiger partial charge in [-0.2, -0.15) is 0 Å². The molecular weight excluding hydrogens is 240 g/mol. The largest absolute Gasteiger partial charge is 0.381 e. The molecular formula is C14H24N4O. The van der Waals surface area contributed by atoms with Crippen LogP contribution in [0.4, 0.5) is 0 Å². The molecule has 2 saturated heterocycles. The van der Waals surface area contributed by atoms with Crippen molar-refractivity contribution in [1.82, 2.24) is 14.5 Å². The molecule has 5 heteroatoms. The van der Waals surface area contributed by atoms with Gasteiger partial charge in [0.1, 0.15) is 0 Å². The van der Waals surface area contributed by atoms with Crippen LogP contribution in [0.15, 0.2) is 12.5 Å². The van der Waals surface area contributed by atoms with Gasteiger partial charge in [0.25, 0.3) is 0 Å². The maximum atomic E-state index is 6.43. The van der Waals surface area contributed by atoms with Crippen molar-refractivity contribution in [2.24, 2.45) is 11.7 Å². The van der Waals surface area contributed by atoms with Crippen molar-refractivity contribution in [3.8, 4) is 0 Å². The van der Waals surface area contributed by atoms with Crippen LogP contribution in [0.5, 0.6) is 0 Å². The van der Waals surface area contributed by atoms with Crippen LogP contribution in [0.2, 0.25) is 0 Å². The molecule has 0 aromatic carbocycles. The quantitative estimate of drug-likeness (QED) is 0.891. The summed E-state index contributed by atoms with van der Waals surface area (Å²) in [4.78, 5) is 6.72. The second-order valence-electron chi connectivity index (χ2n) is 5.91. The molecule has 2 atom stereocenters. The summed E-state index contributed by atoms with van der Waals surface area (Å²) in [5, 5.41) is 0. The molecule has 2 N–H and O–H groups in total. The van der Waals surface area contributed by atoms with Crippen LogP contribution in [-0.4, -0.2) is 47.8 Å². The number of imidazole rings is 1. The topological polar surface area (TPSA) is 56.3 Å². The Kier molecular flexibility index (Phi) is 3.86. The van der Waals surface area contributed by atoms with Crippen molar-refractivity contribution in [2.45, 2.75) is 31.3 Å². The van der Waals surface area contributed by atoms with Gasteiger partial charge in [-0.15, -0.1) is 0 Å². The number of nitrogens with zero attached hydrogens (tertiary/aromatic N) is 3. The first-order valence-electron chi connectivity index (χ1n) is 7.29. The van der Waals surface area contributed by atoms with Crippen LogP contribution in [0.3, 0.4) is 0 Å². The predicted molar refractivity (Wildman–Crippen MR) is 73.8 cm³/mol. The van der Waals surface area contributed by atoms with Gasteiger partial charge in [0.15, 0.2) is 0 Å². The van der Waals surface area contributed by atoms with E-state index in [9.17, 15) is 0 Å². The normalized spacial score (nSPS) is 27.8. The van der Waals surface area contributed by atoms with Crippen LogP contribution < -0.4 is 5.73 Å². The molecule has 106 valence electrons. The number of aromatic nitrogens is 2. The van der Waals surface area contributed by atoms with Crippen LogP contribution in [-0.2, 0) is 4.74 Å². The van der Waals surface area contributed by atoms with E-state index in [0.29, 0.717) is 12.0 Å². The van der Waals surface area contributed by atoms with E-state index in [-0.39, 0.29) is 6.04 Å². The third-order valence-electron chi connectivity index (χ3n) is 4.59. The standard InChI is InChI=1S/C14H24N4O/c1-17-5-2-12(3-6-17)18-10-16-8-13(18)14(15)11-4-7-19-9-11/h8,10-12,14H,2-7,9,15H2,1H3. The average molecular weight is 264 g/mol. The second-order valence-corrected chi connectivity index (χ2v) is 5.91. The first-order chi connectivity index (χ1) is 9.25. The number of hydrogen-bond donors (Lipinski definition) is 1. The molecule has 0 bridgehead atoms. The maximum absolute atomic E-state index is 6.43. The van der Waals surface area contributed by atoms with Gasteiger partial charge < -0.3 is 19.9 Å². The third kappa shape index (κ3) is 2.68. The van der Waals surface area contributed by atoms with Gasteiger partial charge in [0.05, 0.1) is 24.7 Å². The Morgan fingerprint density at radius 1 is 1.37 bits per heavy atom. The van der Waals surface area contributed by atoms with Crippen molar-refractivity contribution >= 4 is 0 Å². The summed E-state index contributed by atoms with van der Waals surface area (Å²) in [6.07, 6.45) is 7.35. The highest BCUT2D eigenvalue weighted by Gasteiger charge is 2.28. The van der Waals surface area contributed by atoms with Gasteiger partial charge in [-0.3, -0.25) is 0 Å². The fraction of sp³-hybridized carbons (Fsp3) is 0.786. The Morgan fingerprint density at radius 2 is 2.16 bits per heavy atom. The summed E-state index contributed by atoms with van der Waals surface area (Å²) in [5.41, 5.74) is 7.61. The molecule has 19 heavy (non-hydrogen) atoms. The lowest BCUT2D eigenvalue weighted by molar-refractivity contribution is 0.178. The molecule has 3 heterocycles. The highest BCUT2D eigenvalue weighted by Crippen LogP contribution is 2.30. The lowest BCUT2D eigenvalue weighted by Crippen LogP contribution is -2.33. The lowest BCUT2D eigenvalue weighted by Gasteiger charge is -2.32. The molecule has 1 aromatic heterocycles. The molecule has 2 fully saturated rings. The van der Waals surface area contributed by atoms with E-state index in [1.807, 2.05) is 12.5 Å². The lowest BCUT2D eigenvalue weighted by atomic mass is 9.96. The Balaban J connectivity index is 1.74.